The summed E-state index contributed by atoms with van der Waals surface area (Å²) in [5.74, 6) is 0. The predicted molar refractivity (Wildman–Crippen MR) is 84.3 cm³/mol. The number of benzene rings is 1. The second-order valence-electron chi connectivity index (χ2n) is 6.67. The Morgan fingerprint density at radius 1 is 1.10 bits per heavy atom. The number of aryl methyl sites for hydroxylation is 2. The number of para-hydroxylation sites is 1. The summed E-state index contributed by atoms with van der Waals surface area (Å²) in [5.41, 5.74) is 4.19. The summed E-state index contributed by atoms with van der Waals surface area (Å²) in [6, 6.07) is 6.47. The maximum Gasteiger partial charge on any atom is 0.0756 e. The zero-order valence-corrected chi connectivity index (χ0v) is 12.9. The van der Waals surface area contributed by atoms with E-state index in [9.17, 15) is 0 Å². The van der Waals surface area contributed by atoms with Gasteiger partial charge in [-0.2, -0.15) is 0 Å². The van der Waals surface area contributed by atoms with Crippen LogP contribution in [0.25, 0.3) is 0 Å². The van der Waals surface area contributed by atoms with Crippen molar-refractivity contribution < 1.29 is 4.74 Å². The minimum atomic E-state index is 0.241. The molecule has 1 aromatic rings. The van der Waals surface area contributed by atoms with Crippen molar-refractivity contribution in [3.05, 3.63) is 29.3 Å². The van der Waals surface area contributed by atoms with Crippen LogP contribution in [-0.4, -0.2) is 18.2 Å². The van der Waals surface area contributed by atoms with Crippen molar-refractivity contribution in [3.63, 3.8) is 0 Å². The molecule has 1 saturated carbocycles. The molecule has 1 unspecified atom stereocenters. The average Bonchev–Trinajstić information content (AvgIpc) is 2.82. The molecule has 2 aliphatic rings. The molecule has 1 aliphatic heterocycles. The van der Waals surface area contributed by atoms with E-state index in [-0.39, 0.29) is 5.60 Å². The summed E-state index contributed by atoms with van der Waals surface area (Å²) in [7, 11) is 0. The van der Waals surface area contributed by atoms with Crippen LogP contribution in [0.1, 0.15) is 56.1 Å². The summed E-state index contributed by atoms with van der Waals surface area (Å²) in [6.45, 7) is 5.30. The van der Waals surface area contributed by atoms with Gasteiger partial charge < -0.3 is 10.1 Å². The molecule has 110 valence electrons. The van der Waals surface area contributed by atoms with Gasteiger partial charge in [0.25, 0.3) is 0 Å². The second kappa shape index (κ2) is 5.77. The molecule has 3 rings (SSSR count). The van der Waals surface area contributed by atoms with E-state index in [1.165, 1.54) is 61.8 Å². The van der Waals surface area contributed by atoms with Crippen molar-refractivity contribution in [1.82, 2.24) is 0 Å². The van der Waals surface area contributed by atoms with E-state index >= 15 is 0 Å². The van der Waals surface area contributed by atoms with Gasteiger partial charge in [0.05, 0.1) is 11.7 Å². The molecule has 1 saturated heterocycles. The highest BCUT2D eigenvalue weighted by Gasteiger charge is 2.40. The van der Waals surface area contributed by atoms with Crippen LogP contribution in [0.2, 0.25) is 0 Å². The zero-order chi connectivity index (χ0) is 14.0. The molecule has 1 atom stereocenters. The lowest BCUT2D eigenvalue weighted by atomic mass is 9.83. The van der Waals surface area contributed by atoms with Crippen LogP contribution >= 0.6 is 0 Å². The van der Waals surface area contributed by atoms with Crippen LogP contribution in [0.5, 0.6) is 0 Å². The third-order valence-corrected chi connectivity index (χ3v) is 5.09. The van der Waals surface area contributed by atoms with Crippen molar-refractivity contribution in [2.75, 3.05) is 11.9 Å². The highest BCUT2D eigenvalue weighted by molar-refractivity contribution is 5.56. The topological polar surface area (TPSA) is 21.3 Å². The summed E-state index contributed by atoms with van der Waals surface area (Å²) < 4.78 is 6.43. The lowest BCUT2D eigenvalue weighted by Crippen LogP contribution is -2.33. The van der Waals surface area contributed by atoms with E-state index < -0.39 is 0 Å². The Hall–Kier alpha value is -1.02. The predicted octanol–water partition coefficient (Wildman–Crippen LogP) is 4.60. The molecule has 1 spiro atoms. The Balaban J connectivity index is 1.57. The first kappa shape index (κ1) is 13.9. The van der Waals surface area contributed by atoms with Crippen molar-refractivity contribution in [2.24, 2.45) is 0 Å². The maximum atomic E-state index is 6.43. The molecule has 1 N–H and O–H groups in total. The van der Waals surface area contributed by atoms with Gasteiger partial charge in [-0.1, -0.05) is 37.5 Å². The molecular formula is C18H27NO. The van der Waals surface area contributed by atoms with Gasteiger partial charge in [-0.15, -0.1) is 0 Å². The van der Waals surface area contributed by atoms with Crippen LogP contribution in [0, 0.1) is 13.8 Å². The van der Waals surface area contributed by atoms with Gasteiger partial charge in [0, 0.05) is 12.2 Å². The quantitative estimate of drug-likeness (QED) is 0.869. The first-order valence-corrected chi connectivity index (χ1v) is 8.16. The van der Waals surface area contributed by atoms with Crippen molar-refractivity contribution in [3.8, 4) is 0 Å². The van der Waals surface area contributed by atoms with Gasteiger partial charge >= 0.3 is 0 Å². The fourth-order valence-corrected chi connectivity index (χ4v) is 3.91. The molecular weight excluding hydrogens is 246 g/mol. The summed E-state index contributed by atoms with van der Waals surface area (Å²) in [6.07, 6.45) is 9.57. The van der Waals surface area contributed by atoms with Crippen LogP contribution < -0.4 is 5.32 Å². The summed E-state index contributed by atoms with van der Waals surface area (Å²) >= 11 is 0. The fraction of sp³-hybridized carbons (Fsp3) is 0.667. The van der Waals surface area contributed by atoms with Crippen LogP contribution in [0.15, 0.2) is 18.2 Å². The van der Waals surface area contributed by atoms with Crippen LogP contribution in [0.3, 0.4) is 0 Å². The first-order chi connectivity index (χ1) is 9.69. The number of nitrogens with one attached hydrogen (secondary N) is 1. The molecule has 0 aromatic heterocycles. The standard InChI is InChI=1S/C18H27NO/c1-14-7-6-8-15(2)17(14)19-13-16-9-12-18(20-16)10-4-3-5-11-18/h6-8,16,19H,3-5,9-13H2,1-2H3. The largest absolute Gasteiger partial charge is 0.382 e. The molecule has 2 fully saturated rings. The Morgan fingerprint density at radius 3 is 2.50 bits per heavy atom. The van der Waals surface area contributed by atoms with E-state index in [0.29, 0.717) is 6.10 Å². The van der Waals surface area contributed by atoms with E-state index in [1.807, 2.05) is 0 Å². The molecule has 20 heavy (non-hydrogen) atoms. The molecule has 1 aromatic carbocycles. The Morgan fingerprint density at radius 2 is 1.80 bits per heavy atom. The van der Waals surface area contributed by atoms with Gasteiger partial charge in [0.2, 0.25) is 0 Å². The highest BCUT2D eigenvalue weighted by Crippen LogP contribution is 2.41. The van der Waals surface area contributed by atoms with Crippen LogP contribution in [-0.2, 0) is 4.74 Å². The second-order valence-corrected chi connectivity index (χ2v) is 6.67. The normalized spacial score (nSPS) is 25.0. The highest BCUT2D eigenvalue weighted by atomic mass is 16.5. The van der Waals surface area contributed by atoms with Gasteiger partial charge in [-0.05, 0) is 50.7 Å². The number of ether oxygens (including phenoxy) is 1. The molecule has 0 bridgehead atoms. The van der Waals surface area contributed by atoms with Gasteiger partial charge in [-0.3, -0.25) is 0 Å². The lowest BCUT2D eigenvalue weighted by Gasteiger charge is -2.33. The van der Waals surface area contributed by atoms with Gasteiger partial charge in [0.15, 0.2) is 0 Å². The lowest BCUT2D eigenvalue weighted by molar-refractivity contribution is -0.0588. The van der Waals surface area contributed by atoms with Gasteiger partial charge in [-0.25, -0.2) is 0 Å². The Kier molecular flexibility index (Phi) is 4.02. The van der Waals surface area contributed by atoms with Gasteiger partial charge in [0.1, 0.15) is 0 Å². The number of rotatable bonds is 3. The molecule has 2 heteroatoms. The third kappa shape index (κ3) is 2.85. The van der Waals surface area contributed by atoms with Crippen molar-refractivity contribution in [2.45, 2.75) is 70.5 Å². The minimum absolute atomic E-state index is 0.241. The van der Waals surface area contributed by atoms with E-state index in [4.69, 9.17) is 4.74 Å². The average molecular weight is 273 g/mol. The fourth-order valence-electron chi connectivity index (χ4n) is 3.91. The monoisotopic (exact) mass is 273 g/mol. The number of hydrogen-bond donors (Lipinski definition) is 1. The Bertz CT molecular complexity index is 442. The van der Waals surface area contributed by atoms with Crippen molar-refractivity contribution >= 4 is 5.69 Å². The molecule has 1 aliphatic carbocycles. The first-order valence-electron chi connectivity index (χ1n) is 8.16. The van der Waals surface area contributed by atoms with Crippen molar-refractivity contribution in [1.29, 1.82) is 0 Å². The SMILES string of the molecule is Cc1cccc(C)c1NCC1CCC2(CCCCC2)O1. The smallest absolute Gasteiger partial charge is 0.0756 e. The molecule has 0 amide bonds. The summed E-state index contributed by atoms with van der Waals surface area (Å²) in [5, 5.41) is 3.62. The molecule has 0 radical (unpaired) electrons. The number of hydrogen-bond acceptors (Lipinski definition) is 2. The van der Waals surface area contributed by atoms with E-state index in [2.05, 4.69) is 37.4 Å². The number of anilines is 1. The maximum absolute atomic E-state index is 6.43. The van der Waals surface area contributed by atoms with E-state index in [0.717, 1.165) is 6.54 Å². The minimum Gasteiger partial charge on any atom is -0.382 e. The molecule has 2 nitrogen and oxygen atoms in total. The van der Waals surface area contributed by atoms with Crippen LogP contribution in [0.4, 0.5) is 5.69 Å². The third-order valence-electron chi connectivity index (χ3n) is 5.09. The Labute approximate surface area is 122 Å². The zero-order valence-electron chi connectivity index (χ0n) is 12.9. The van der Waals surface area contributed by atoms with E-state index in [1.54, 1.807) is 0 Å². The molecule has 1 heterocycles. The summed E-state index contributed by atoms with van der Waals surface area (Å²) in [4.78, 5) is 0.